The van der Waals surface area contributed by atoms with Gasteiger partial charge < -0.3 is 10.1 Å². The van der Waals surface area contributed by atoms with Crippen LogP contribution < -0.4 is 10.1 Å². The summed E-state index contributed by atoms with van der Waals surface area (Å²) < 4.78 is 7.17. The number of aromatic nitrogens is 1. The SMILES string of the molecule is COc1cc(NCc2cscn2)c(Br)cc1Br. The number of nitrogens with one attached hydrogen (secondary N) is 1. The summed E-state index contributed by atoms with van der Waals surface area (Å²) in [6.45, 7) is 0.701. The average molecular weight is 378 g/mol. The van der Waals surface area contributed by atoms with Crippen LogP contribution in [-0.2, 0) is 6.54 Å². The van der Waals surface area contributed by atoms with E-state index < -0.39 is 0 Å². The van der Waals surface area contributed by atoms with Gasteiger partial charge in [-0.15, -0.1) is 11.3 Å². The second kappa shape index (κ2) is 5.84. The number of methoxy groups -OCH3 is 1. The Hall–Kier alpha value is -0.590. The summed E-state index contributed by atoms with van der Waals surface area (Å²) >= 11 is 8.54. The van der Waals surface area contributed by atoms with Crippen molar-refractivity contribution in [3.05, 3.63) is 37.7 Å². The Balaban J connectivity index is 2.15. The van der Waals surface area contributed by atoms with Crippen LogP contribution in [0.4, 0.5) is 5.69 Å². The van der Waals surface area contributed by atoms with Gasteiger partial charge in [0.05, 0.1) is 35.0 Å². The molecule has 1 aromatic heterocycles. The molecule has 90 valence electrons. The van der Waals surface area contributed by atoms with E-state index in [2.05, 4.69) is 42.2 Å². The molecule has 0 radical (unpaired) electrons. The monoisotopic (exact) mass is 376 g/mol. The van der Waals surface area contributed by atoms with E-state index >= 15 is 0 Å². The third-order valence-electron chi connectivity index (χ3n) is 2.18. The van der Waals surface area contributed by atoms with Crippen molar-refractivity contribution in [2.75, 3.05) is 12.4 Å². The van der Waals surface area contributed by atoms with Crippen molar-refractivity contribution in [3.8, 4) is 5.75 Å². The molecule has 0 aliphatic heterocycles. The first-order valence-electron chi connectivity index (χ1n) is 4.84. The number of thiazole rings is 1. The lowest BCUT2D eigenvalue weighted by Crippen LogP contribution is -2.00. The summed E-state index contributed by atoms with van der Waals surface area (Å²) in [5, 5.41) is 5.34. The molecular formula is C11H10Br2N2OS. The fraction of sp³-hybridized carbons (Fsp3) is 0.182. The van der Waals surface area contributed by atoms with E-state index in [1.807, 2.05) is 23.0 Å². The number of rotatable bonds is 4. The summed E-state index contributed by atoms with van der Waals surface area (Å²) in [4.78, 5) is 4.22. The van der Waals surface area contributed by atoms with Gasteiger partial charge in [0.2, 0.25) is 0 Å². The van der Waals surface area contributed by atoms with Crippen molar-refractivity contribution in [2.24, 2.45) is 0 Å². The third-order valence-corrected chi connectivity index (χ3v) is 4.10. The Labute approximate surface area is 120 Å². The molecule has 0 spiro atoms. The second-order valence-electron chi connectivity index (χ2n) is 3.30. The van der Waals surface area contributed by atoms with Crippen LogP contribution in [0.25, 0.3) is 0 Å². The Morgan fingerprint density at radius 2 is 2.18 bits per heavy atom. The molecule has 0 atom stereocenters. The first-order chi connectivity index (χ1) is 8.20. The number of hydrogen-bond acceptors (Lipinski definition) is 4. The van der Waals surface area contributed by atoms with Gasteiger partial charge in [0.25, 0.3) is 0 Å². The molecule has 0 unspecified atom stereocenters. The zero-order chi connectivity index (χ0) is 12.3. The Kier molecular flexibility index (Phi) is 4.42. The predicted molar refractivity (Wildman–Crippen MR) is 77.8 cm³/mol. The lowest BCUT2D eigenvalue weighted by atomic mass is 10.3. The van der Waals surface area contributed by atoms with Crippen molar-refractivity contribution < 1.29 is 4.74 Å². The molecule has 1 heterocycles. The van der Waals surface area contributed by atoms with Crippen LogP contribution in [0.5, 0.6) is 5.75 Å². The Bertz CT molecular complexity index is 502. The van der Waals surface area contributed by atoms with E-state index in [4.69, 9.17) is 4.74 Å². The normalized spacial score (nSPS) is 10.3. The van der Waals surface area contributed by atoms with E-state index in [1.54, 1.807) is 18.4 Å². The number of halogens is 2. The molecule has 0 aliphatic rings. The van der Waals surface area contributed by atoms with Gasteiger partial charge in [-0.2, -0.15) is 0 Å². The lowest BCUT2D eigenvalue weighted by Gasteiger charge is -2.11. The molecule has 0 bridgehead atoms. The van der Waals surface area contributed by atoms with Crippen LogP contribution in [0.1, 0.15) is 5.69 Å². The van der Waals surface area contributed by atoms with Gasteiger partial charge in [0.15, 0.2) is 0 Å². The molecule has 2 rings (SSSR count). The Morgan fingerprint density at radius 1 is 1.35 bits per heavy atom. The van der Waals surface area contributed by atoms with Crippen molar-refractivity contribution in [3.63, 3.8) is 0 Å². The van der Waals surface area contributed by atoms with Gasteiger partial charge in [-0.1, -0.05) is 0 Å². The fourth-order valence-electron chi connectivity index (χ4n) is 1.33. The van der Waals surface area contributed by atoms with Gasteiger partial charge >= 0.3 is 0 Å². The summed E-state index contributed by atoms with van der Waals surface area (Å²) in [5.41, 5.74) is 3.84. The Morgan fingerprint density at radius 3 is 2.82 bits per heavy atom. The van der Waals surface area contributed by atoms with Gasteiger partial charge in [0, 0.05) is 15.9 Å². The van der Waals surface area contributed by atoms with Gasteiger partial charge in [0.1, 0.15) is 5.75 Å². The number of hydrogen-bond donors (Lipinski definition) is 1. The first kappa shape index (κ1) is 12.9. The van der Waals surface area contributed by atoms with E-state index in [1.165, 1.54) is 0 Å². The summed E-state index contributed by atoms with van der Waals surface area (Å²) in [6, 6.07) is 3.91. The first-order valence-corrected chi connectivity index (χ1v) is 7.37. The largest absolute Gasteiger partial charge is 0.495 e. The summed E-state index contributed by atoms with van der Waals surface area (Å²) in [6.07, 6.45) is 0. The molecule has 2 aromatic rings. The molecule has 1 N–H and O–H groups in total. The number of benzene rings is 1. The zero-order valence-electron chi connectivity index (χ0n) is 9.04. The van der Waals surface area contributed by atoms with Gasteiger partial charge in [-0.3, -0.25) is 0 Å². The second-order valence-corrected chi connectivity index (χ2v) is 5.73. The molecule has 1 aromatic carbocycles. The summed E-state index contributed by atoms with van der Waals surface area (Å²) in [5.74, 6) is 0.800. The van der Waals surface area contributed by atoms with E-state index in [-0.39, 0.29) is 0 Å². The summed E-state index contributed by atoms with van der Waals surface area (Å²) in [7, 11) is 1.65. The van der Waals surface area contributed by atoms with Crippen molar-refractivity contribution in [1.29, 1.82) is 0 Å². The lowest BCUT2D eigenvalue weighted by molar-refractivity contribution is 0.412. The maximum absolute atomic E-state index is 5.26. The van der Waals surface area contributed by atoms with Crippen molar-refractivity contribution in [1.82, 2.24) is 4.98 Å². The van der Waals surface area contributed by atoms with E-state index in [0.29, 0.717) is 6.54 Å². The topological polar surface area (TPSA) is 34.1 Å². The maximum atomic E-state index is 5.26. The van der Waals surface area contributed by atoms with Crippen LogP contribution in [0.3, 0.4) is 0 Å². The highest BCUT2D eigenvalue weighted by Gasteiger charge is 2.07. The minimum Gasteiger partial charge on any atom is -0.495 e. The molecule has 0 amide bonds. The fourth-order valence-corrected chi connectivity index (χ4v) is 3.19. The standard InChI is InChI=1S/C11H10Br2N2OS/c1-16-11-3-10(8(12)2-9(11)13)14-4-7-5-17-6-15-7/h2-3,5-6,14H,4H2,1H3. The smallest absolute Gasteiger partial charge is 0.135 e. The van der Waals surface area contributed by atoms with Crippen LogP contribution in [0, 0.1) is 0 Å². The minimum absolute atomic E-state index is 0.701. The van der Waals surface area contributed by atoms with Crippen LogP contribution in [0.2, 0.25) is 0 Å². The van der Waals surface area contributed by atoms with E-state index in [0.717, 1.165) is 26.1 Å². The molecular weight excluding hydrogens is 368 g/mol. The van der Waals surface area contributed by atoms with Gasteiger partial charge in [-0.05, 0) is 37.9 Å². The van der Waals surface area contributed by atoms with Gasteiger partial charge in [-0.25, -0.2) is 4.98 Å². The number of nitrogens with zero attached hydrogens (tertiary/aromatic N) is 1. The van der Waals surface area contributed by atoms with Crippen LogP contribution >= 0.6 is 43.2 Å². The molecule has 3 nitrogen and oxygen atoms in total. The number of ether oxygens (including phenoxy) is 1. The highest BCUT2D eigenvalue weighted by Crippen LogP contribution is 2.34. The quantitative estimate of drug-likeness (QED) is 0.862. The minimum atomic E-state index is 0.701. The highest BCUT2D eigenvalue weighted by molar-refractivity contribution is 9.11. The molecule has 0 fully saturated rings. The number of anilines is 1. The predicted octanol–water partition coefficient (Wildman–Crippen LogP) is 4.29. The van der Waals surface area contributed by atoms with Crippen LogP contribution in [-0.4, -0.2) is 12.1 Å². The average Bonchev–Trinajstić information content (AvgIpc) is 2.81. The highest BCUT2D eigenvalue weighted by atomic mass is 79.9. The van der Waals surface area contributed by atoms with E-state index in [9.17, 15) is 0 Å². The molecule has 17 heavy (non-hydrogen) atoms. The van der Waals surface area contributed by atoms with Crippen molar-refractivity contribution in [2.45, 2.75) is 6.54 Å². The van der Waals surface area contributed by atoms with Crippen LogP contribution in [0.15, 0.2) is 32.0 Å². The zero-order valence-corrected chi connectivity index (χ0v) is 13.0. The molecule has 0 saturated heterocycles. The van der Waals surface area contributed by atoms with Crippen molar-refractivity contribution >= 4 is 48.9 Å². The molecule has 0 saturated carbocycles. The molecule has 0 aliphatic carbocycles. The third kappa shape index (κ3) is 3.20. The maximum Gasteiger partial charge on any atom is 0.135 e. The molecule has 6 heteroatoms.